The number of amides is 4. The monoisotopic (exact) mass is 788 g/mol. The molecule has 0 radical (unpaired) electrons. The minimum absolute atomic E-state index is 0.0249. The lowest BCUT2D eigenvalue weighted by Gasteiger charge is -2.41. The van der Waals surface area contributed by atoms with Gasteiger partial charge in [-0.15, -0.1) is 0 Å². The van der Waals surface area contributed by atoms with Crippen LogP contribution in [0.1, 0.15) is 80.6 Å². The maximum absolute atomic E-state index is 14.3. The van der Waals surface area contributed by atoms with Gasteiger partial charge in [0.25, 0.3) is 0 Å². The van der Waals surface area contributed by atoms with Crippen molar-refractivity contribution in [1.82, 2.24) is 20.0 Å². The highest BCUT2D eigenvalue weighted by Gasteiger charge is 2.43. The number of primary amides is 1. The predicted octanol–water partition coefficient (Wildman–Crippen LogP) is 2.01. The molecule has 4 amide bonds. The average Bonchev–Trinajstić information content (AvgIpc) is 3.61. The summed E-state index contributed by atoms with van der Waals surface area (Å²) in [5.74, 6) is -2.98. The van der Waals surface area contributed by atoms with Crippen molar-refractivity contribution in [1.29, 1.82) is 0 Å². The number of carbonyl (C=O) groups excluding carboxylic acids is 4. The van der Waals surface area contributed by atoms with Gasteiger partial charge in [-0.3, -0.25) is 28.9 Å². The van der Waals surface area contributed by atoms with Gasteiger partial charge in [-0.05, 0) is 37.6 Å². The van der Waals surface area contributed by atoms with Crippen LogP contribution < -0.4 is 11.1 Å². The van der Waals surface area contributed by atoms with E-state index in [0.717, 1.165) is 12.8 Å². The van der Waals surface area contributed by atoms with Gasteiger partial charge < -0.3 is 49.6 Å². The molecule has 16 heteroatoms. The third kappa shape index (κ3) is 16.2. The number of likely N-dealkylation sites (N-methyl/N-ethyl adjacent to an activating group) is 2. The normalized spacial score (nSPS) is 18.5. The molecule has 4 N–H and O–H groups in total. The number of methoxy groups -OCH3 is 2. The smallest absolute Gasteiger partial charge is 0.305 e. The van der Waals surface area contributed by atoms with Crippen molar-refractivity contribution in [3.05, 3.63) is 0 Å². The molecular weight excluding hydrogens is 714 g/mol. The van der Waals surface area contributed by atoms with Crippen LogP contribution in [0.5, 0.6) is 0 Å². The number of nitrogens with one attached hydrogen (secondary N) is 1. The summed E-state index contributed by atoms with van der Waals surface area (Å²) in [5.41, 5.74) is 5.60. The van der Waals surface area contributed by atoms with E-state index in [1.807, 2.05) is 53.5 Å². The maximum atomic E-state index is 14.3. The zero-order chi connectivity index (χ0) is 41.8. The highest BCUT2D eigenvalue weighted by Crippen LogP contribution is 2.29. The van der Waals surface area contributed by atoms with E-state index in [4.69, 9.17) is 34.5 Å². The number of ether oxygens (including phenoxy) is 5. The number of aliphatic carboxylic acids is 1. The zero-order valence-electron chi connectivity index (χ0n) is 35.4. The van der Waals surface area contributed by atoms with E-state index in [9.17, 15) is 24.0 Å². The molecule has 0 aromatic heterocycles. The van der Waals surface area contributed by atoms with Crippen molar-refractivity contribution in [2.24, 2.45) is 29.4 Å². The van der Waals surface area contributed by atoms with Crippen LogP contribution >= 0.6 is 0 Å². The second kappa shape index (κ2) is 26.1. The van der Waals surface area contributed by atoms with Gasteiger partial charge in [0.2, 0.25) is 23.6 Å². The van der Waals surface area contributed by atoms with Crippen LogP contribution in [0.4, 0.5) is 0 Å². The minimum Gasteiger partial charge on any atom is -0.481 e. The maximum Gasteiger partial charge on any atom is 0.305 e. The molecule has 1 aliphatic heterocycles. The number of carboxylic acids is 1. The zero-order valence-corrected chi connectivity index (χ0v) is 35.4. The number of hydrogen-bond acceptors (Lipinski definition) is 11. The molecule has 0 aromatic rings. The second-order valence-corrected chi connectivity index (χ2v) is 15.4. The Morgan fingerprint density at radius 2 is 1.45 bits per heavy atom. The largest absolute Gasteiger partial charge is 0.481 e. The van der Waals surface area contributed by atoms with Crippen LogP contribution in [0.15, 0.2) is 0 Å². The van der Waals surface area contributed by atoms with E-state index in [2.05, 4.69) is 5.32 Å². The highest BCUT2D eigenvalue weighted by molar-refractivity contribution is 5.90. The van der Waals surface area contributed by atoms with Crippen LogP contribution in [-0.4, -0.2) is 167 Å². The topological polar surface area (TPSA) is 199 Å². The molecule has 1 rings (SSSR count). The molecule has 1 heterocycles. The first kappa shape index (κ1) is 50.1. The first-order chi connectivity index (χ1) is 25.9. The number of nitrogens with zero attached hydrogens (tertiary/aromatic N) is 3. The molecule has 8 atom stereocenters. The third-order valence-electron chi connectivity index (χ3n) is 10.7. The second-order valence-electron chi connectivity index (χ2n) is 15.4. The summed E-state index contributed by atoms with van der Waals surface area (Å²) in [6, 6.07) is -2.13. The Bertz CT molecular complexity index is 1180. The van der Waals surface area contributed by atoms with Crippen molar-refractivity contribution in [2.45, 2.75) is 117 Å². The molecule has 0 bridgehead atoms. The van der Waals surface area contributed by atoms with E-state index >= 15 is 0 Å². The van der Waals surface area contributed by atoms with E-state index in [1.54, 1.807) is 30.9 Å². The molecule has 7 unspecified atom stereocenters. The fraction of sp³-hybridized carbons (Fsp3) is 0.872. The molecule has 0 aromatic carbocycles. The summed E-state index contributed by atoms with van der Waals surface area (Å²) in [5, 5.41) is 11.7. The third-order valence-corrected chi connectivity index (χ3v) is 10.7. The van der Waals surface area contributed by atoms with Gasteiger partial charge >= 0.3 is 5.97 Å². The van der Waals surface area contributed by atoms with Crippen LogP contribution in [0.3, 0.4) is 0 Å². The Morgan fingerprint density at radius 3 is 1.95 bits per heavy atom. The lowest BCUT2D eigenvalue weighted by Crippen LogP contribution is -2.60. The Kier molecular flexibility index (Phi) is 23.8. The van der Waals surface area contributed by atoms with Gasteiger partial charge in [-0.2, -0.15) is 0 Å². The highest BCUT2D eigenvalue weighted by atomic mass is 16.5. The Balaban J connectivity index is 2.97. The Hall–Kier alpha value is -2.89. The van der Waals surface area contributed by atoms with Crippen LogP contribution in [-0.2, 0) is 47.7 Å². The number of carboxylic acid groups (broad SMARTS) is 1. The van der Waals surface area contributed by atoms with Crippen LogP contribution in [0, 0.1) is 23.7 Å². The summed E-state index contributed by atoms with van der Waals surface area (Å²) >= 11 is 0. The summed E-state index contributed by atoms with van der Waals surface area (Å²) in [4.78, 5) is 70.0. The Morgan fingerprint density at radius 1 is 0.873 bits per heavy atom. The number of likely N-dealkylation sites (tertiary alicyclic amines) is 1. The summed E-state index contributed by atoms with van der Waals surface area (Å²) in [7, 11) is 6.64. The molecule has 1 aliphatic rings. The lowest BCUT2D eigenvalue weighted by atomic mass is 9.89. The van der Waals surface area contributed by atoms with Gasteiger partial charge in [-0.25, -0.2) is 0 Å². The lowest BCUT2D eigenvalue weighted by molar-refractivity contribution is -0.148. The van der Waals surface area contributed by atoms with E-state index in [1.165, 1.54) is 7.11 Å². The quantitative estimate of drug-likeness (QED) is 0.0934. The number of hydrogen-bond donors (Lipinski definition) is 3. The van der Waals surface area contributed by atoms with E-state index < -0.39 is 48.1 Å². The number of rotatable bonds is 29. The summed E-state index contributed by atoms with van der Waals surface area (Å²) < 4.78 is 28.0. The van der Waals surface area contributed by atoms with Crippen molar-refractivity contribution in [2.75, 3.05) is 81.0 Å². The van der Waals surface area contributed by atoms with Crippen molar-refractivity contribution < 1.29 is 52.8 Å². The molecule has 16 nitrogen and oxygen atoms in total. The number of nitrogens with two attached hydrogens (primary N) is 1. The van der Waals surface area contributed by atoms with Gasteiger partial charge in [-0.1, -0.05) is 54.9 Å². The van der Waals surface area contributed by atoms with E-state index in [-0.39, 0.29) is 61.0 Å². The summed E-state index contributed by atoms with van der Waals surface area (Å²) in [6.45, 7) is 16.3. The first-order valence-electron chi connectivity index (χ1n) is 19.8. The first-order valence-corrected chi connectivity index (χ1v) is 19.8. The molecule has 1 saturated heterocycles. The molecular formula is C39H73N5O11. The number of carbonyl (C=O) groups is 5. The van der Waals surface area contributed by atoms with Crippen molar-refractivity contribution in [3.8, 4) is 0 Å². The predicted molar refractivity (Wildman–Crippen MR) is 208 cm³/mol. The van der Waals surface area contributed by atoms with Gasteiger partial charge in [0, 0.05) is 34.4 Å². The fourth-order valence-electron chi connectivity index (χ4n) is 7.35. The minimum atomic E-state index is -0.908. The molecule has 1 fully saturated rings. The SMILES string of the molecule is CCC(C)C(C(CC(=O)N1CCCC1C(OC)C(C)C(N)=O)OC)N(C)C(=O)[C@@H](NC(=O)C(C(C)C)N(C)CCOCCOCCOCCC(=O)O)C(C)C. The standard InChI is InChI=1S/C39H73N5O11/c1-12-27(6)35(30(51-10)24-31(45)44-16-13-14-29(44)36(52-11)28(7)37(40)48)43(9)39(50)33(25(2)3)41-38(49)34(26(4)5)42(8)17-19-54-21-23-55-22-20-53-18-15-32(46)47/h25-30,33-36H,12-24H2,1-11H3,(H2,40,48)(H,41,49)(H,46,47)/t27?,28?,29?,30?,33-,34?,35?,36?/m0/s1. The average molecular weight is 788 g/mol. The van der Waals surface area contributed by atoms with Gasteiger partial charge in [0.05, 0.1) is 88.7 Å². The van der Waals surface area contributed by atoms with E-state index in [0.29, 0.717) is 52.5 Å². The molecule has 0 aliphatic carbocycles. The van der Waals surface area contributed by atoms with Gasteiger partial charge in [0.15, 0.2) is 0 Å². The molecule has 320 valence electrons. The fourth-order valence-corrected chi connectivity index (χ4v) is 7.35. The van der Waals surface area contributed by atoms with Gasteiger partial charge in [0.1, 0.15) is 6.04 Å². The van der Waals surface area contributed by atoms with Crippen molar-refractivity contribution in [3.63, 3.8) is 0 Å². The Labute approximate surface area is 329 Å². The molecule has 0 spiro atoms. The van der Waals surface area contributed by atoms with Crippen molar-refractivity contribution >= 4 is 29.6 Å². The van der Waals surface area contributed by atoms with Crippen LogP contribution in [0.25, 0.3) is 0 Å². The molecule has 55 heavy (non-hydrogen) atoms. The van der Waals surface area contributed by atoms with Crippen LogP contribution in [0.2, 0.25) is 0 Å². The molecule has 0 saturated carbocycles. The summed E-state index contributed by atoms with van der Waals surface area (Å²) in [6.07, 6.45) is 0.991.